The highest BCUT2D eigenvalue weighted by atomic mass is 35.5. The first-order valence-electron chi connectivity index (χ1n) is 5.55. The van der Waals surface area contributed by atoms with Gasteiger partial charge in [0.25, 0.3) is 11.6 Å². The topological polar surface area (TPSA) is 111 Å². The van der Waals surface area contributed by atoms with Crippen LogP contribution in [0.25, 0.3) is 0 Å². The summed E-state index contributed by atoms with van der Waals surface area (Å²) in [7, 11) is 0. The number of aromatic nitrogens is 1. The van der Waals surface area contributed by atoms with Crippen LogP contribution in [0.2, 0.25) is 5.02 Å². The van der Waals surface area contributed by atoms with E-state index in [1.165, 1.54) is 12.3 Å². The summed E-state index contributed by atoms with van der Waals surface area (Å²) in [5.74, 6) is -1.56. The summed E-state index contributed by atoms with van der Waals surface area (Å²) in [6.45, 7) is 0. The number of carbonyl (C=O) groups is 1. The van der Waals surface area contributed by atoms with E-state index in [9.17, 15) is 19.3 Å². The molecule has 2 rings (SSSR count). The number of amides is 1. The van der Waals surface area contributed by atoms with E-state index in [0.29, 0.717) is 6.07 Å². The molecule has 0 saturated heterocycles. The Balaban J connectivity index is 2.27. The molecule has 7 nitrogen and oxygen atoms in total. The van der Waals surface area contributed by atoms with Crippen molar-refractivity contribution in [1.29, 1.82) is 0 Å². The zero-order valence-corrected chi connectivity index (χ0v) is 11.1. The second-order valence-electron chi connectivity index (χ2n) is 3.96. The number of nitrogens with one attached hydrogen (secondary N) is 1. The molecule has 2 aromatic rings. The molecule has 0 fully saturated rings. The number of anilines is 2. The molecule has 0 bridgehead atoms. The first-order chi connectivity index (χ1) is 9.88. The molecular formula is C12H8ClFN4O3. The molecule has 0 radical (unpaired) electrons. The number of pyridine rings is 1. The molecule has 9 heteroatoms. The minimum Gasteiger partial charge on any atom is -0.384 e. The predicted octanol–water partition coefficient (Wildman–Crippen LogP) is 2.62. The van der Waals surface area contributed by atoms with E-state index in [1.807, 2.05) is 0 Å². The highest BCUT2D eigenvalue weighted by molar-refractivity contribution is 6.34. The zero-order chi connectivity index (χ0) is 15.6. The van der Waals surface area contributed by atoms with E-state index in [-0.39, 0.29) is 22.1 Å². The largest absolute Gasteiger partial charge is 0.384 e. The highest BCUT2D eigenvalue weighted by Gasteiger charge is 2.16. The fraction of sp³-hybridized carbons (Fsp3) is 0. The Kier molecular flexibility index (Phi) is 3.99. The fourth-order valence-corrected chi connectivity index (χ4v) is 1.73. The van der Waals surface area contributed by atoms with E-state index in [2.05, 4.69) is 10.3 Å². The molecule has 0 spiro atoms. The quantitative estimate of drug-likeness (QED) is 0.668. The maximum atomic E-state index is 13.7. The standard InChI is InChI=1S/C12H8ClFN4O3/c13-8-5-16-11(15)4-7(8)12(19)17-10-2-1-6(18(20)21)3-9(10)14/h1-5H,(H2,15,16)(H,17,19). The van der Waals surface area contributed by atoms with Crippen molar-refractivity contribution in [3.05, 3.63) is 57.0 Å². The Morgan fingerprint density at radius 2 is 2.14 bits per heavy atom. The molecule has 0 unspecified atom stereocenters. The molecule has 0 saturated carbocycles. The van der Waals surface area contributed by atoms with Crippen LogP contribution in [0.1, 0.15) is 10.4 Å². The van der Waals surface area contributed by atoms with Crippen LogP contribution in [0.15, 0.2) is 30.5 Å². The molecule has 0 atom stereocenters. The number of nitrogens with two attached hydrogens (primary N) is 1. The van der Waals surface area contributed by atoms with Crippen LogP contribution in [0.3, 0.4) is 0 Å². The van der Waals surface area contributed by atoms with Crippen LogP contribution >= 0.6 is 11.6 Å². The van der Waals surface area contributed by atoms with E-state index in [1.54, 1.807) is 0 Å². The summed E-state index contributed by atoms with van der Waals surface area (Å²) in [4.78, 5) is 25.4. The van der Waals surface area contributed by atoms with Gasteiger partial charge < -0.3 is 11.1 Å². The van der Waals surface area contributed by atoms with Gasteiger partial charge in [0.2, 0.25) is 0 Å². The van der Waals surface area contributed by atoms with E-state index in [0.717, 1.165) is 12.1 Å². The summed E-state index contributed by atoms with van der Waals surface area (Å²) in [5.41, 5.74) is 4.83. The maximum absolute atomic E-state index is 13.7. The third-order valence-electron chi connectivity index (χ3n) is 2.53. The molecular weight excluding hydrogens is 303 g/mol. The normalized spacial score (nSPS) is 10.2. The van der Waals surface area contributed by atoms with Gasteiger partial charge in [-0.05, 0) is 12.1 Å². The van der Waals surface area contributed by atoms with Crippen molar-refractivity contribution >= 4 is 34.7 Å². The lowest BCUT2D eigenvalue weighted by Gasteiger charge is -2.08. The predicted molar refractivity (Wildman–Crippen MR) is 74.7 cm³/mol. The first kappa shape index (κ1) is 14.7. The van der Waals surface area contributed by atoms with Crippen molar-refractivity contribution in [3.63, 3.8) is 0 Å². The molecule has 1 aromatic carbocycles. The lowest BCUT2D eigenvalue weighted by Crippen LogP contribution is -2.14. The number of hydrogen-bond acceptors (Lipinski definition) is 5. The number of nitro groups is 1. The highest BCUT2D eigenvalue weighted by Crippen LogP contribution is 2.23. The average Bonchev–Trinajstić information content (AvgIpc) is 2.43. The van der Waals surface area contributed by atoms with Crippen LogP contribution < -0.4 is 11.1 Å². The first-order valence-corrected chi connectivity index (χ1v) is 5.92. The van der Waals surface area contributed by atoms with Gasteiger partial charge in [-0.15, -0.1) is 0 Å². The van der Waals surface area contributed by atoms with Crippen LogP contribution in [0.5, 0.6) is 0 Å². The van der Waals surface area contributed by atoms with Gasteiger partial charge in [-0.25, -0.2) is 9.37 Å². The van der Waals surface area contributed by atoms with Gasteiger partial charge in [0.1, 0.15) is 5.82 Å². The molecule has 3 N–H and O–H groups in total. The molecule has 0 aliphatic carbocycles. The van der Waals surface area contributed by atoms with Crippen molar-refractivity contribution in [2.24, 2.45) is 0 Å². The van der Waals surface area contributed by atoms with Gasteiger partial charge in [-0.1, -0.05) is 11.6 Å². The van der Waals surface area contributed by atoms with Crippen molar-refractivity contribution in [2.45, 2.75) is 0 Å². The van der Waals surface area contributed by atoms with Crippen LogP contribution in [0.4, 0.5) is 21.6 Å². The Labute approximate surface area is 122 Å². The molecule has 1 aromatic heterocycles. The molecule has 108 valence electrons. The van der Waals surface area contributed by atoms with Crippen molar-refractivity contribution in [2.75, 3.05) is 11.1 Å². The van der Waals surface area contributed by atoms with Crippen LogP contribution in [-0.2, 0) is 0 Å². The van der Waals surface area contributed by atoms with Crippen molar-refractivity contribution in [3.8, 4) is 0 Å². The molecule has 21 heavy (non-hydrogen) atoms. The number of rotatable bonds is 3. The van der Waals surface area contributed by atoms with Gasteiger partial charge in [0.15, 0.2) is 5.82 Å². The number of carbonyl (C=O) groups excluding carboxylic acids is 1. The van der Waals surface area contributed by atoms with E-state index < -0.39 is 22.3 Å². The number of nitrogen functional groups attached to an aromatic ring is 1. The smallest absolute Gasteiger partial charge is 0.272 e. The van der Waals surface area contributed by atoms with Gasteiger partial charge in [-0.2, -0.15) is 0 Å². The number of nitrogens with zero attached hydrogens (tertiary/aromatic N) is 2. The lowest BCUT2D eigenvalue weighted by molar-refractivity contribution is -0.385. The number of hydrogen-bond donors (Lipinski definition) is 2. The number of halogens is 2. The van der Waals surface area contributed by atoms with Gasteiger partial charge in [0.05, 0.1) is 27.3 Å². The number of non-ortho nitro benzene ring substituents is 1. The van der Waals surface area contributed by atoms with Gasteiger partial charge >= 0.3 is 0 Å². The Morgan fingerprint density at radius 1 is 1.43 bits per heavy atom. The van der Waals surface area contributed by atoms with E-state index in [4.69, 9.17) is 17.3 Å². The maximum Gasteiger partial charge on any atom is 0.272 e. The Bertz CT molecular complexity index is 738. The SMILES string of the molecule is Nc1cc(C(=O)Nc2ccc([N+](=O)[O-])cc2F)c(Cl)cn1. The lowest BCUT2D eigenvalue weighted by atomic mass is 10.2. The minimum atomic E-state index is -0.935. The molecule has 0 aliphatic heterocycles. The van der Waals surface area contributed by atoms with Crippen LogP contribution in [-0.4, -0.2) is 15.8 Å². The summed E-state index contributed by atoms with van der Waals surface area (Å²) >= 11 is 5.80. The van der Waals surface area contributed by atoms with Crippen molar-refractivity contribution in [1.82, 2.24) is 4.98 Å². The average molecular weight is 311 g/mol. The molecule has 1 heterocycles. The second-order valence-corrected chi connectivity index (χ2v) is 4.37. The Morgan fingerprint density at radius 3 is 2.76 bits per heavy atom. The summed E-state index contributed by atoms with van der Waals surface area (Å²) in [6, 6.07) is 4.10. The van der Waals surface area contributed by atoms with E-state index >= 15 is 0 Å². The minimum absolute atomic E-state index is 0.0157. The number of nitro benzene ring substituents is 1. The van der Waals surface area contributed by atoms with Gasteiger partial charge in [0, 0.05) is 12.3 Å². The number of benzene rings is 1. The Hall–Kier alpha value is -2.74. The third kappa shape index (κ3) is 3.23. The van der Waals surface area contributed by atoms with Crippen LogP contribution in [0, 0.1) is 15.9 Å². The zero-order valence-electron chi connectivity index (χ0n) is 10.3. The summed E-state index contributed by atoms with van der Waals surface area (Å²) < 4.78 is 13.7. The van der Waals surface area contributed by atoms with Crippen molar-refractivity contribution < 1.29 is 14.1 Å². The monoisotopic (exact) mass is 310 g/mol. The second kappa shape index (κ2) is 5.71. The summed E-state index contributed by atoms with van der Waals surface area (Å²) in [6.07, 6.45) is 1.19. The van der Waals surface area contributed by atoms with Gasteiger partial charge in [-0.3, -0.25) is 14.9 Å². The molecule has 0 aliphatic rings. The summed E-state index contributed by atoms with van der Waals surface area (Å²) in [5, 5.41) is 12.8. The third-order valence-corrected chi connectivity index (χ3v) is 2.83. The molecule has 1 amide bonds. The fourth-order valence-electron chi connectivity index (χ4n) is 1.54.